The second-order valence-corrected chi connectivity index (χ2v) is 7.60. The van der Waals surface area contributed by atoms with E-state index < -0.39 is 30.0 Å². The molecule has 4 atom stereocenters. The third-order valence-corrected chi connectivity index (χ3v) is 5.14. The van der Waals surface area contributed by atoms with Crippen LogP contribution in [-0.2, 0) is 14.4 Å². The van der Waals surface area contributed by atoms with Gasteiger partial charge in [-0.05, 0) is 24.7 Å². The maximum Gasteiger partial charge on any atom is 0.248 e. The Balaban J connectivity index is 0.00000407. The average Bonchev–Trinajstić information content (AvgIpc) is 3.55. The topological polar surface area (TPSA) is 122 Å². The summed E-state index contributed by atoms with van der Waals surface area (Å²) in [5.41, 5.74) is 5.28. The predicted octanol–water partition coefficient (Wildman–Crippen LogP) is 2.59. The summed E-state index contributed by atoms with van der Waals surface area (Å²) in [5.74, 6) is -0.985. The van der Waals surface area contributed by atoms with Crippen molar-refractivity contribution in [3.63, 3.8) is 0 Å². The van der Waals surface area contributed by atoms with Crippen molar-refractivity contribution in [2.45, 2.75) is 90.8 Å². The van der Waals surface area contributed by atoms with Crippen molar-refractivity contribution < 1.29 is 19.5 Å². The summed E-state index contributed by atoms with van der Waals surface area (Å²) in [6.07, 6.45) is 8.66. The lowest BCUT2D eigenvalue weighted by molar-refractivity contribution is -0.132. The Morgan fingerprint density at radius 2 is 1.83 bits per heavy atom. The zero-order valence-electron chi connectivity index (χ0n) is 19.0. The highest BCUT2D eigenvalue weighted by molar-refractivity contribution is 5.93. The van der Waals surface area contributed by atoms with Gasteiger partial charge in [-0.3, -0.25) is 14.4 Å². The number of amides is 3. The molecule has 1 rings (SSSR count). The summed E-state index contributed by atoms with van der Waals surface area (Å²) in [6, 6.07) is -1.49. The van der Waals surface area contributed by atoms with Gasteiger partial charge in [0.1, 0.15) is 6.04 Å². The summed E-state index contributed by atoms with van der Waals surface area (Å²) in [4.78, 5) is 36.4. The third kappa shape index (κ3) is 11.1. The zero-order valence-corrected chi connectivity index (χ0v) is 19.0. The molecule has 4 unspecified atom stereocenters. The summed E-state index contributed by atoms with van der Waals surface area (Å²) < 4.78 is 0. The minimum absolute atomic E-state index is 0.260. The van der Waals surface area contributed by atoms with Crippen LogP contribution in [0.1, 0.15) is 72.6 Å². The van der Waals surface area contributed by atoms with Crippen molar-refractivity contribution >= 4 is 17.7 Å². The molecule has 0 radical (unpaired) electrons. The Morgan fingerprint density at radius 3 is 2.30 bits per heavy atom. The Hall–Kier alpha value is -2.15. The predicted molar refractivity (Wildman–Crippen MR) is 120 cm³/mol. The van der Waals surface area contributed by atoms with Gasteiger partial charge in [0.25, 0.3) is 0 Å². The number of rotatable bonds is 14. The molecule has 0 bridgehead atoms. The van der Waals surface area contributed by atoms with Gasteiger partial charge in [-0.1, -0.05) is 78.5 Å². The van der Waals surface area contributed by atoms with Gasteiger partial charge in [0, 0.05) is 6.08 Å². The molecule has 0 heterocycles. The van der Waals surface area contributed by atoms with Crippen molar-refractivity contribution in [2.24, 2.45) is 17.6 Å². The second kappa shape index (κ2) is 15.7. The van der Waals surface area contributed by atoms with E-state index >= 15 is 0 Å². The number of primary amides is 1. The molecule has 0 aromatic rings. The third-order valence-electron chi connectivity index (χ3n) is 5.14. The number of hydrogen-bond acceptors (Lipinski definition) is 4. The van der Waals surface area contributed by atoms with Gasteiger partial charge < -0.3 is 21.5 Å². The number of hydrogen-bond donors (Lipinski definition) is 4. The lowest BCUT2D eigenvalue weighted by Crippen LogP contribution is -2.55. The molecule has 0 aromatic heterocycles. The van der Waals surface area contributed by atoms with Crippen molar-refractivity contribution in [1.29, 1.82) is 0 Å². The first-order chi connectivity index (χ1) is 14.3. The molecule has 0 saturated heterocycles. The van der Waals surface area contributed by atoms with E-state index in [0.717, 1.165) is 32.1 Å². The fraction of sp³-hybridized carbons (Fsp3) is 0.696. The number of aliphatic hydroxyl groups excluding tert-OH is 1. The largest absolute Gasteiger partial charge is 0.381 e. The Kier molecular flexibility index (Phi) is 14.5. The number of allylic oxidation sites excluding steroid dienone is 2. The Morgan fingerprint density at radius 1 is 1.20 bits per heavy atom. The Bertz CT molecular complexity index is 573. The van der Waals surface area contributed by atoms with Gasteiger partial charge in [-0.2, -0.15) is 0 Å². The number of aliphatic hydroxyl groups is 1. The molecule has 5 N–H and O–H groups in total. The maximum absolute atomic E-state index is 12.8. The van der Waals surface area contributed by atoms with Crippen LogP contribution in [0.5, 0.6) is 0 Å². The summed E-state index contributed by atoms with van der Waals surface area (Å²) in [5, 5.41) is 15.7. The summed E-state index contributed by atoms with van der Waals surface area (Å²) >= 11 is 0. The van der Waals surface area contributed by atoms with Crippen LogP contribution in [0.4, 0.5) is 0 Å². The van der Waals surface area contributed by atoms with Crippen molar-refractivity contribution in [2.75, 3.05) is 0 Å². The minimum Gasteiger partial charge on any atom is -0.381 e. The molecule has 1 saturated carbocycles. The van der Waals surface area contributed by atoms with E-state index in [1.54, 1.807) is 0 Å². The molecule has 0 aliphatic heterocycles. The SMILES string of the molecule is C=C/C=C/C(=O)NC(CC1CC1)C(=O)NC(CC(CC)CCC)C(O)C(N)=O.CC. The molecule has 7 nitrogen and oxygen atoms in total. The number of carbonyl (C=O) groups excluding carboxylic acids is 3. The number of nitrogens with two attached hydrogens (primary N) is 1. The fourth-order valence-electron chi connectivity index (χ4n) is 3.30. The van der Waals surface area contributed by atoms with Gasteiger partial charge in [0.05, 0.1) is 6.04 Å². The lowest BCUT2D eigenvalue weighted by Gasteiger charge is -2.28. The molecular weight excluding hydrogens is 382 g/mol. The second-order valence-electron chi connectivity index (χ2n) is 7.60. The van der Waals surface area contributed by atoms with Crippen LogP contribution in [0, 0.1) is 11.8 Å². The van der Waals surface area contributed by atoms with Crippen LogP contribution in [0.15, 0.2) is 24.8 Å². The van der Waals surface area contributed by atoms with Crippen molar-refractivity contribution in [3.05, 3.63) is 24.8 Å². The van der Waals surface area contributed by atoms with Crippen LogP contribution in [0.3, 0.4) is 0 Å². The normalized spacial score (nSPS) is 17.1. The fourth-order valence-corrected chi connectivity index (χ4v) is 3.30. The summed E-state index contributed by atoms with van der Waals surface area (Å²) in [7, 11) is 0. The quantitative estimate of drug-likeness (QED) is 0.253. The highest BCUT2D eigenvalue weighted by Crippen LogP contribution is 2.33. The van der Waals surface area contributed by atoms with Gasteiger partial charge >= 0.3 is 0 Å². The molecule has 0 spiro atoms. The molecule has 3 amide bonds. The standard InChI is InChI=1S/C21H35N3O4.C2H6/c1-4-7-9-18(25)23-17(13-15-10-11-15)21(28)24-16(19(26)20(22)27)12-14(6-3)8-5-2;1-2/h4,7,9,14-17,19,26H,1,5-6,8,10-13H2,2-3H3,(H2,22,27)(H,23,25)(H,24,28);1-2H3/b9-7+;. The molecule has 0 aromatic carbocycles. The first-order valence-electron chi connectivity index (χ1n) is 11.2. The zero-order chi connectivity index (χ0) is 23.1. The van der Waals surface area contributed by atoms with Crippen molar-refractivity contribution in [3.8, 4) is 0 Å². The average molecular weight is 424 g/mol. The van der Waals surface area contributed by atoms with Crippen LogP contribution >= 0.6 is 0 Å². The van der Waals surface area contributed by atoms with E-state index in [2.05, 4.69) is 24.1 Å². The minimum atomic E-state index is -1.47. The van der Waals surface area contributed by atoms with Gasteiger partial charge in [-0.25, -0.2) is 0 Å². The first-order valence-corrected chi connectivity index (χ1v) is 11.2. The van der Waals surface area contributed by atoms with E-state index in [9.17, 15) is 19.5 Å². The number of carbonyl (C=O) groups is 3. The van der Waals surface area contributed by atoms with E-state index in [0.29, 0.717) is 18.8 Å². The first kappa shape index (κ1) is 27.8. The molecule has 7 heteroatoms. The molecule has 1 aliphatic carbocycles. The molecule has 1 fully saturated rings. The molecule has 172 valence electrons. The lowest BCUT2D eigenvalue weighted by atomic mass is 9.90. The van der Waals surface area contributed by atoms with E-state index in [1.807, 2.05) is 20.8 Å². The van der Waals surface area contributed by atoms with E-state index in [-0.39, 0.29) is 11.8 Å². The van der Waals surface area contributed by atoms with Crippen LogP contribution in [0.2, 0.25) is 0 Å². The summed E-state index contributed by atoms with van der Waals surface area (Å²) in [6.45, 7) is 11.6. The van der Waals surface area contributed by atoms with Gasteiger partial charge in [0.2, 0.25) is 17.7 Å². The number of nitrogens with one attached hydrogen (secondary N) is 2. The van der Waals surface area contributed by atoms with Crippen LogP contribution in [0.25, 0.3) is 0 Å². The smallest absolute Gasteiger partial charge is 0.248 e. The van der Waals surface area contributed by atoms with E-state index in [1.165, 1.54) is 18.2 Å². The van der Waals surface area contributed by atoms with Gasteiger partial charge in [-0.15, -0.1) is 0 Å². The monoisotopic (exact) mass is 423 g/mol. The van der Waals surface area contributed by atoms with E-state index in [4.69, 9.17) is 5.73 Å². The highest BCUT2D eigenvalue weighted by Gasteiger charge is 2.34. The highest BCUT2D eigenvalue weighted by atomic mass is 16.3. The van der Waals surface area contributed by atoms with Crippen molar-refractivity contribution in [1.82, 2.24) is 10.6 Å². The van der Waals surface area contributed by atoms with Crippen LogP contribution in [-0.4, -0.2) is 41.0 Å². The van der Waals surface area contributed by atoms with Gasteiger partial charge in [0.15, 0.2) is 6.10 Å². The molecule has 1 aliphatic rings. The molecule has 30 heavy (non-hydrogen) atoms. The van der Waals surface area contributed by atoms with Crippen LogP contribution < -0.4 is 16.4 Å². The Labute approximate surface area is 181 Å². The molecular formula is C23H41N3O4. The maximum atomic E-state index is 12.8.